The Morgan fingerprint density at radius 2 is 1.77 bits per heavy atom. The highest BCUT2D eigenvalue weighted by atomic mass is 35.5. The van der Waals surface area contributed by atoms with Crippen molar-refractivity contribution in [1.29, 1.82) is 0 Å². The summed E-state index contributed by atoms with van der Waals surface area (Å²) in [5.74, 6) is 0.834. The number of halogens is 1. The molecule has 0 saturated carbocycles. The highest BCUT2D eigenvalue weighted by Gasteiger charge is 2.21. The molecule has 2 aromatic heterocycles. The van der Waals surface area contributed by atoms with Gasteiger partial charge in [-0.05, 0) is 47.4 Å². The third kappa shape index (κ3) is 3.88. The van der Waals surface area contributed by atoms with E-state index in [2.05, 4.69) is 40.7 Å². The van der Waals surface area contributed by atoms with E-state index < -0.39 is 10.0 Å². The second-order valence-electron chi connectivity index (χ2n) is 7.88. The van der Waals surface area contributed by atoms with Crippen molar-refractivity contribution in [3.63, 3.8) is 0 Å². The maximum absolute atomic E-state index is 13.0. The molecule has 1 N–H and O–H groups in total. The molecule has 7 nitrogen and oxygen atoms in total. The quantitative estimate of drug-likeness (QED) is 0.502. The molecule has 0 aliphatic rings. The Balaban J connectivity index is 1.75. The summed E-state index contributed by atoms with van der Waals surface area (Å²) in [4.78, 5) is 4.32. The van der Waals surface area contributed by atoms with Gasteiger partial charge in [-0.3, -0.25) is 9.12 Å². The van der Waals surface area contributed by atoms with Crippen molar-refractivity contribution >= 4 is 33.1 Å². The van der Waals surface area contributed by atoms with Gasteiger partial charge in [0.25, 0.3) is 15.8 Å². The molecule has 2 heterocycles. The minimum absolute atomic E-state index is 0.0676. The maximum Gasteiger partial charge on any atom is 0.261 e. The Morgan fingerprint density at radius 3 is 2.47 bits per heavy atom. The molecular formula is C21H20ClN5O2S. The Kier molecular flexibility index (Phi) is 4.99. The van der Waals surface area contributed by atoms with Gasteiger partial charge >= 0.3 is 0 Å². The molecule has 30 heavy (non-hydrogen) atoms. The van der Waals surface area contributed by atoms with Crippen molar-refractivity contribution in [2.75, 3.05) is 4.72 Å². The first kappa shape index (κ1) is 20.3. The van der Waals surface area contributed by atoms with Crippen LogP contribution in [0, 0.1) is 0 Å². The van der Waals surface area contributed by atoms with Gasteiger partial charge in [0.15, 0.2) is 5.82 Å². The first-order valence-electron chi connectivity index (χ1n) is 9.24. The van der Waals surface area contributed by atoms with Crippen LogP contribution in [0.15, 0.2) is 65.8 Å². The van der Waals surface area contributed by atoms with Gasteiger partial charge in [0.05, 0.1) is 10.6 Å². The van der Waals surface area contributed by atoms with Crippen LogP contribution < -0.4 is 4.72 Å². The van der Waals surface area contributed by atoms with Crippen LogP contribution in [-0.4, -0.2) is 28.0 Å². The number of rotatable bonds is 4. The summed E-state index contributed by atoms with van der Waals surface area (Å²) in [6.07, 6.45) is 3.36. The molecule has 0 fully saturated rings. The third-order valence-electron chi connectivity index (χ3n) is 4.69. The molecule has 0 aliphatic heterocycles. The molecular weight excluding hydrogens is 422 g/mol. The number of sulfonamides is 1. The van der Waals surface area contributed by atoms with Crippen LogP contribution >= 0.6 is 11.6 Å². The molecule has 2 aromatic carbocycles. The van der Waals surface area contributed by atoms with Gasteiger partial charge in [0.1, 0.15) is 0 Å². The lowest BCUT2D eigenvalue weighted by Crippen LogP contribution is -2.15. The van der Waals surface area contributed by atoms with Gasteiger partial charge in [-0.2, -0.15) is 0 Å². The van der Waals surface area contributed by atoms with E-state index in [1.807, 2.05) is 12.1 Å². The van der Waals surface area contributed by atoms with E-state index in [-0.39, 0.29) is 10.3 Å². The predicted octanol–water partition coefficient (Wildman–Crippen LogP) is 4.54. The largest absolute Gasteiger partial charge is 0.279 e. The van der Waals surface area contributed by atoms with Gasteiger partial charge < -0.3 is 0 Å². The van der Waals surface area contributed by atoms with Gasteiger partial charge in [-0.15, -0.1) is 10.2 Å². The first-order chi connectivity index (χ1) is 14.1. The summed E-state index contributed by atoms with van der Waals surface area (Å²) in [6, 6.07) is 13.5. The number of aromatic nitrogens is 4. The van der Waals surface area contributed by atoms with Crippen molar-refractivity contribution in [2.45, 2.75) is 31.1 Å². The average molecular weight is 442 g/mol. The zero-order chi connectivity index (χ0) is 21.5. The van der Waals surface area contributed by atoms with Gasteiger partial charge in [0.2, 0.25) is 0 Å². The average Bonchev–Trinajstić information content (AvgIpc) is 3.13. The normalized spacial score (nSPS) is 12.3. The smallest absolute Gasteiger partial charge is 0.261 e. The number of anilines is 1. The fraction of sp³-hybridized carbons (Fsp3) is 0.190. The highest BCUT2D eigenvalue weighted by molar-refractivity contribution is 7.92. The van der Waals surface area contributed by atoms with Crippen molar-refractivity contribution in [1.82, 2.24) is 19.6 Å². The van der Waals surface area contributed by atoms with Gasteiger partial charge in [-0.1, -0.05) is 44.5 Å². The number of hydrogen-bond donors (Lipinski definition) is 1. The number of benzene rings is 2. The second kappa shape index (κ2) is 7.37. The molecule has 0 amide bonds. The Bertz CT molecular complexity index is 1330. The van der Waals surface area contributed by atoms with E-state index in [1.165, 1.54) is 0 Å². The monoisotopic (exact) mass is 441 g/mol. The molecule has 0 aliphatic carbocycles. The third-order valence-corrected chi connectivity index (χ3v) is 6.30. The summed E-state index contributed by atoms with van der Waals surface area (Å²) in [7, 11) is -3.82. The summed E-state index contributed by atoms with van der Waals surface area (Å²) in [6.45, 7) is 6.23. The van der Waals surface area contributed by atoms with Crippen LogP contribution in [0.5, 0.6) is 0 Å². The molecule has 0 bridgehead atoms. The van der Waals surface area contributed by atoms with Crippen LogP contribution in [0.25, 0.3) is 17.2 Å². The van der Waals surface area contributed by atoms with Crippen molar-refractivity contribution < 1.29 is 8.42 Å². The SMILES string of the molecule is CC(C)(C)c1ccc(S(=O)(=O)Nc2ccc(Cl)cc2-c2nnc3ncccn23)cc1. The van der Waals surface area contributed by atoms with Crippen molar-refractivity contribution in [2.24, 2.45) is 0 Å². The van der Waals surface area contributed by atoms with E-state index in [1.54, 1.807) is 53.2 Å². The van der Waals surface area contributed by atoms with Crippen molar-refractivity contribution in [3.8, 4) is 11.4 Å². The molecule has 0 radical (unpaired) electrons. The highest BCUT2D eigenvalue weighted by Crippen LogP contribution is 2.32. The van der Waals surface area contributed by atoms with Crippen LogP contribution in [0.1, 0.15) is 26.3 Å². The standard InChI is InChI=1S/C21H20ClN5O2S/c1-21(2,3)14-5-8-16(9-6-14)30(28,29)26-18-10-7-15(22)13-17(18)19-24-25-20-23-11-4-12-27(19)20/h4-13,26H,1-3H3. The lowest BCUT2D eigenvalue weighted by Gasteiger charge is -2.19. The van der Waals surface area contributed by atoms with E-state index in [0.717, 1.165) is 5.56 Å². The number of nitrogens with zero attached hydrogens (tertiary/aromatic N) is 4. The Morgan fingerprint density at radius 1 is 1.03 bits per heavy atom. The molecule has 9 heteroatoms. The Hall–Kier alpha value is -2.97. The molecule has 4 rings (SSSR count). The lowest BCUT2D eigenvalue weighted by molar-refractivity contribution is 0.587. The van der Waals surface area contributed by atoms with E-state index >= 15 is 0 Å². The molecule has 0 unspecified atom stereocenters. The summed E-state index contributed by atoms with van der Waals surface area (Å²) in [5, 5.41) is 8.65. The molecule has 4 aromatic rings. The summed E-state index contributed by atoms with van der Waals surface area (Å²) < 4.78 is 30.4. The Labute approximate surface area is 179 Å². The van der Waals surface area contributed by atoms with Gasteiger partial charge in [0, 0.05) is 23.0 Å². The van der Waals surface area contributed by atoms with Crippen LogP contribution in [-0.2, 0) is 15.4 Å². The van der Waals surface area contributed by atoms with Crippen LogP contribution in [0.4, 0.5) is 5.69 Å². The molecule has 0 spiro atoms. The topological polar surface area (TPSA) is 89.2 Å². The van der Waals surface area contributed by atoms with E-state index in [9.17, 15) is 8.42 Å². The lowest BCUT2D eigenvalue weighted by atomic mass is 9.87. The predicted molar refractivity (Wildman–Crippen MR) is 117 cm³/mol. The van der Waals surface area contributed by atoms with Crippen LogP contribution in [0.2, 0.25) is 5.02 Å². The van der Waals surface area contributed by atoms with Crippen LogP contribution in [0.3, 0.4) is 0 Å². The summed E-state index contributed by atoms with van der Waals surface area (Å²) >= 11 is 6.18. The minimum Gasteiger partial charge on any atom is -0.279 e. The molecule has 0 saturated heterocycles. The zero-order valence-corrected chi connectivity index (χ0v) is 18.2. The van der Waals surface area contributed by atoms with Gasteiger partial charge in [-0.25, -0.2) is 13.4 Å². The summed E-state index contributed by atoms with van der Waals surface area (Å²) in [5.41, 5.74) is 1.83. The fourth-order valence-corrected chi connectivity index (χ4v) is 4.31. The maximum atomic E-state index is 13.0. The molecule has 0 atom stereocenters. The van der Waals surface area contributed by atoms with Crippen molar-refractivity contribution in [3.05, 3.63) is 71.5 Å². The number of hydrogen-bond acceptors (Lipinski definition) is 5. The number of nitrogens with one attached hydrogen (secondary N) is 1. The first-order valence-corrected chi connectivity index (χ1v) is 11.1. The van der Waals surface area contributed by atoms with E-state index in [4.69, 9.17) is 11.6 Å². The second-order valence-corrected chi connectivity index (χ2v) is 10.0. The fourth-order valence-electron chi connectivity index (χ4n) is 3.05. The molecule has 154 valence electrons. The minimum atomic E-state index is -3.82. The zero-order valence-electron chi connectivity index (χ0n) is 16.7. The van der Waals surface area contributed by atoms with E-state index in [0.29, 0.717) is 27.9 Å². The number of fused-ring (bicyclic) bond motifs is 1.